The zero-order valence-electron chi connectivity index (χ0n) is 11.9. The lowest BCUT2D eigenvalue weighted by Gasteiger charge is -2.21. The van der Waals surface area contributed by atoms with Crippen LogP contribution >= 0.6 is 0 Å². The molecule has 1 aliphatic heterocycles. The highest BCUT2D eigenvalue weighted by Gasteiger charge is 2.35. The summed E-state index contributed by atoms with van der Waals surface area (Å²) in [6.45, 7) is 0.746. The van der Waals surface area contributed by atoms with Gasteiger partial charge in [-0.25, -0.2) is 17.5 Å². The van der Waals surface area contributed by atoms with E-state index in [1.54, 1.807) is 12.1 Å². The van der Waals surface area contributed by atoms with Crippen LogP contribution in [-0.4, -0.2) is 41.6 Å². The smallest absolute Gasteiger partial charge is 0.246 e. The summed E-state index contributed by atoms with van der Waals surface area (Å²) in [4.78, 5) is 0.0519. The van der Waals surface area contributed by atoms with E-state index < -0.39 is 15.8 Å². The first-order valence-electron chi connectivity index (χ1n) is 7.05. The van der Waals surface area contributed by atoms with Gasteiger partial charge in [0.05, 0.1) is 12.4 Å². The molecule has 0 bridgehead atoms. The molecule has 0 amide bonds. The summed E-state index contributed by atoms with van der Waals surface area (Å²) in [6, 6.07) is 5.89. The van der Waals surface area contributed by atoms with Crippen LogP contribution in [0.25, 0.3) is 5.69 Å². The van der Waals surface area contributed by atoms with E-state index in [1.807, 2.05) is 0 Å². The molecule has 2 aromatic rings. The number of aromatic nitrogens is 2. The largest absolute Gasteiger partial charge is 0.329 e. The van der Waals surface area contributed by atoms with Gasteiger partial charge in [-0.1, -0.05) is 12.1 Å². The van der Waals surface area contributed by atoms with E-state index in [1.165, 1.54) is 33.5 Å². The third kappa shape index (κ3) is 2.53. The minimum Gasteiger partial charge on any atom is -0.329 e. The van der Waals surface area contributed by atoms with Crippen molar-refractivity contribution in [1.82, 2.24) is 14.1 Å². The van der Waals surface area contributed by atoms with Crippen molar-refractivity contribution in [2.24, 2.45) is 5.73 Å². The van der Waals surface area contributed by atoms with Gasteiger partial charge in [-0.3, -0.25) is 0 Å². The summed E-state index contributed by atoms with van der Waals surface area (Å²) in [6.07, 6.45) is 4.13. The van der Waals surface area contributed by atoms with Crippen LogP contribution in [0.15, 0.2) is 41.6 Å². The monoisotopic (exact) mass is 324 g/mol. The van der Waals surface area contributed by atoms with E-state index in [-0.39, 0.29) is 16.6 Å². The molecule has 0 saturated carbocycles. The Hall–Kier alpha value is -1.77. The van der Waals surface area contributed by atoms with Crippen molar-refractivity contribution >= 4 is 10.0 Å². The molecule has 1 unspecified atom stereocenters. The highest BCUT2D eigenvalue weighted by molar-refractivity contribution is 7.89. The molecule has 2 N–H and O–H groups in total. The van der Waals surface area contributed by atoms with Gasteiger partial charge in [-0.15, -0.1) is 0 Å². The van der Waals surface area contributed by atoms with Crippen LogP contribution in [0.5, 0.6) is 0 Å². The second kappa shape index (κ2) is 5.79. The van der Waals surface area contributed by atoms with Gasteiger partial charge >= 0.3 is 0 Å². The molecule has 118 valence electrons. The summed E-state index contributed by atoms with van der Waals surface area (Å²) in [5.41, 5.74) is 5.85. The summed E-state index contributed by atoms with van der Waals surface area (Å²) in [5, 5.41) is 3.98. The van der Waals surface area contributed by atoms with Crippen molar-refractivity contribution in [3.05, 3.63) is 42.5 Å². The maximum absolute atomic E-state index is 13.8. The molecule has 1 atom stereocenters. The normalized spacial score (nSPS) is 19.6. The third-order valence-electron chi connectivity index (χ3n) is 3.86. The fraction of sp³-hybridized carbons (Fsp3) is 0.357. The molecule has 22 heavy (non-hydrogen) atoms. The Bertz CT molecular complexity index is 775. The first kappa shape index (κ1) is 15.1. The molecule has 0 radical (unpaired) electrons. The summed E-state index contributed by atoms with van der Waals surface area (Å²) in [7, 11) is -3.65. The number of halogens is 1. The minimum atomic E-state index is -3.65. The van der Waals surface area contributed by atoms with E-state index in [4.69, 9.17) is 5.73 Å². The van der Waals surface area contributed by atoms with Crippen LogP contribution in [0.1, 0.15) is 12.8 Å². The Morgan fingerprint density at radius 3 is 2.86 bits per heavy atom. The molecule has 3 rings (SSSR count). The average Bonchev–Trinajstić information content (AvgIpc) is 3.17. The van der Waals surface area contributed by atoms with Crippen molar-refractivity contribution in [2.45, 2.75) is 23.8 Å². The summed E-state index contributed by atoms with van der Waals surface area (Å²) in [5.74, 6) is -0.462. The standard InChI is InChI=1S/C14H17FN4O2S/c15-13-5-1-2-6-14(13)18-10-12(9-17-18)22(20,21)19-7-3-4-11(19)8-16/h1-2,5-6,9-11H,3-4,7-8,16H2. The summed E-state index contributed by atoms with van der Waals surface area (Å²) >= 11 is 0. The maximum Gasteiger partial charge on any atom is 0.246 e. The SMILES string of the molecule is NCC1CCCN1S(=O)(=O)c1cnn(-c2ccccc2F)c1. The maximum atomic E-state index is 13.8. The zero-order chi connectivity index (χ0) is 15.7. The highest BCUT2D eigenvalue weighted by atomic mass is 32.2. The van der Waals surface area contributed by atoms with Crippen LogP contribution in [0.4, 0.5) is 4.39 Å². The number of sulfonamides is 1. The molecule has 6 nitrogen and oxygen atoms in total. The number of rotatable bonds is 4. The van der Waals surface area contributed by atoms with Crippen molar-refractivity contribution in [2.75, 3.05) is 13.1 Å². The van der Waals surface area contributed by atoms with Gasteiger partial charge < -0.3 is 5.73 Å². The van der Waals surface area contributed by atoms with E-state index >= 15 is 0 Å². The number of hydrogen-bond donors (Lipinski definition) is 1. The number of para-hydroxylation sites is 1. The molecule has 2 heterocycles. The van der Waals surface area contributed by atoms with E-state index in [9.17, 15) is 12.8 Å². The van der Waals surface area contributed by atoms with Crippen LogP contribution in [0.3, 0.4) is 0 Å². The Morgan fingerprint density at radius 1 is 1.36 bits per heavy atom. The molecule has 1 aliphatic rings. The van der Waals surface area contributed by atoms with Gasteiger partial charge in [-0.2, -0.15) is 9.40 Å². The average molecular weight is 324 g/mol. The predicted molar refractivity (Wildman–Crippen MR) is 79.5 cm³/mol. The number of nitrogens with zero attached hydrogens (tertiary/aromatic N) is 3. The Morgan fingerprint density at radius 2 is 2.14 bits per heavy atom. The second-order valence-electron chi connectivity index (χ2n) is 5.22. The predicted octanol–water partition coefficient (Wildman–Crippen LogP) is 1.12. The van der Waals surface area contributed by atoms with Crippen LogP contribution in [0.2, 0.25) is 0 Å². The molecule has 1 fully saturated rings. The van der Waals surface area contributed by atoms with Crippen molar-refractivity contribution in [3.63, 3.8) is 0 Å². The second-order valence-corrected chi connectivity index (χ2v) is 7.11. The Labute approximate surface area is 128 Å². The minimum absolute atomic E-state index is 0.0519. The van der Waals surface area contributed by atoms with Crippen LogP contribution < -0.4 is 5.73 Å². The Balaban J connectivity index is 1.95. The van der Waals surface area contributed by atoms with Gasteiger partial charge in [0.2, 0.25) is 10.0 Å². The molecular formula is C14H17FN4O2S. The van der Waals surface area contributed by atoms with Crippen LogP contribution in [0, 0.1) is 5.82 Å². The molecule has 8 heteroatoms. The molecule has 1 aromatic heterocycles. The van der Waals surface area contributed by atoms with E-state index in [0.29, 0.717) is 13.1 Å². The summed E-state index contributed by atoms with van der Waals surface area (Å²) < 4.78 is 41.7. The molecule has 0 aliphatic carbocycles. The molecule has 1 saturated heterocycles. The number of benzene rings is 1. The first-order chi connectivity index (χ1) is 10.5. The van der Waals surface area contributed by atoms with Crippen molar-refractivity contribution < 1.29 is 12.8 Å². The molecule has 1 aromatic carbocycles. The third-order valence-corrected chi connectivity index (χ3v) is 5.76. The lowest BCUT2D eigenvalue weighted by molar-refractivity contribution is 0.393. The molecule has 0 spiro atoms. The fourth-order valence-corrected chi connectivity index (χ4v) is 4.34. The van der Waals surface area contributed by atoms with Gasteiger partial charge in [0.1, 0.15) is 16.4 Å². The van der Waals surface area contributed by atoms with E-state index in [0.717, 1.165) is 12.8 Å². The van der Waals surface area contributed by atoms with Gasteiger partial charge in [0.25, 0.3) is 0 Å². The van der Waals surface area contributed by atoms with Crippen molar-refractivity contribution in [3.8, 4) is 5.69 Å². The fourth-order valence-electron chi connectivity index (χ4n) is 2.71. The molecular weight excluding hydrogens is 307 g/mol. The van der Waals surface area contributed by atoms with E-state index in [2.05, 4.69) is 5.10 Å². The van der Waals surface area contributed by atoms with Gasteiger partial charge in [-0.05, 0) is 25.0 Å². The quantitative estimate of drug-likeness (QED) is 0.914. The lowest BCUT2D eigenvalue weighted by atomic mass is 10.2. The number of hydrogen-bond acceptors (Lipinski definition) is 4. The van der Waals surface area contributed by atoms with Crippen molar-refractivity contribution in [1.29, 1.82) is 0 Å². The first-order valence-corrected chi connectivity index (χ1v) is 8.49. The Kier molecular flexibility index (Phi) is 3.98. The zero-order valence-corrected chi connectivity index (χ0v) is 12.7. The van der Waals surface area contributed by atoms with Gasteiger partial charge in [0.15, 0.2) is 0 Å². The number of nitrogens with two attached hydrogens (primary N) is 1. The lowest BCUT2D eigenvalue weighted by Crippen LogP contribution is -2.39. The van der Waals surface area contributed by atoms with Gasteiger partial charge in [0, 0.05) is 19.1 Å². The topological polar surface area (TPSA) is 81.2 Å². The van der Waals surface area contributed by atoms with Crippen LogP contribution in [-0.2, 0) is 10.0 Å². The highest BCUT2D eigenvalue weighted by Crippen LogP contribution is 2.26.